The first-order chi connectivity index (χ1) is 11.5. The van der Waals surface area contributed by atoms with E-state index < -0.39 is 23.1 Å². The zero-order valence-corrected chi connectivity index (χ0v) is 13.2. The van der Waals surface area contributed by atoms with Gasteiger partial charge < -0.3 is 19.7 Å². The fourth-order valence-electron chi connectivity index (χ4n) is 3.28. The number of carboxylic acid groups (broad SMARTS) is 1. The van der Waals surface area contributed by atoms with Gasteiger partial charge in [0.15, 0.2) is 0 Å². The van der Waals surface area contributed by atoms with Gasteiger partial charge in [-0.2, -0.15) is 0 Å². The van der Waals surface area contributed by atoms with E-state index in [2.05, 4.69) is 9.97 Å². The summed E-state index contributed by atoms with van der Waals surface area (Å²) in [6.45, 7) is 0.463. The molecule has 1 aliphatic heterocycles. The third-order valence-corrected chi connectivity index (χ3v) is 4.46. The number of fused-ring (bicyclic) bond motifs is 1. The van der Waals surface area contributed by atoms with E-state index in [1.54, 1.807) is 0 Å². The Morgan fingerprint density at radius 3 is 3.00 bits per heavy atom. The van der Waals surface area contributed by atoms with Gasteiger partial charge in [0.1, 0.15) is 16.7 Å². The Hall–Kier alpha value is -2.48. The third-order valence-electron chi connectivity index (χ3n) is 4.46. The smallest absolute Gasteiger partial charge is 0.313 e. The molecule has 2 heterocycles. The van der Waals surface area contributed by atoms with E-state index in [0.29, 0.717) is 30.4 Å². The summed E-state index contributed by atoms with van der Waals surface area (Å²) in [4.78, 5) is 32.8. The maximum atomic E-state index is 13.8. The molecule has 3 rings (SSSR count). The van der Waals surface area contributed by atoms with Crippen LogP contribution in [0.5, 0.6) is 0 Å². The molecule has 1 saturated heterocycles. The number of aromatic amines is 1. The number of carbonyl (C=O) groups excluding carboxylic acids is 1. The molecule has 2 aromatic rings. The highest BCUT2D eigenvalue weighted by Crippen LogP contribution is 2.32. The molecule has 0 bridgehead atoms. The van der Waals surface area contributed by atoms with Crippen LogP contribution in [0.1, 0.15) is 23.2 Å². The van der Waals surface area contributed by atoms with Gasteiger partial charge in [-0.25, -0.2) is 9.37 Å². The number of carboxylic acids is 1. The average molecular weight is 335 g/mol. The Morgan fingerprint density at radius 2 is 2.29 bits per heavy atom. The molecule has 24 heavy (non-hydrogen) atoms. The summed E-state index contributed by atoms with van der Waals surface area (Å²) in [5, 5.41) is 9.58. The lowest BCUT2D eigenvalue weighted by atomic mass is 9.80. The summed E-state index contributed by atoms with van der Waals surface area (Å²) in [6, 6.07) is 2.40. The molecule has 128 valence electrons. The lowest BCUT2D eigenvalue weighted by Crippen LogP contribution is -2.52. The van der Waals surface area contributed by atoms with Crippen molar-refractivity contribution in [3.8, 4) is 0 Å². The zero-order valence-electron chi connectivity index (χ0n) is 13.2. The number of benzene rings is 1. The van der Waals surface area contributed by atoms with Crippen LogP contribution in [0.4, 0.5) is 4.39 Å². The number of rotatable bonds is 4. The van der Waals surface area contributed by atoms with Crippen LogP contribution in [0.3, 0.4) is 0 Å². The van der Waals surface area contributed by atoms with Gasteiger partial charge in [-0.1, -0.05) is 0 Å². The quantitative estimate of drug-likeness (QED) is 0.886. The molecule has 1 aromatic heterocycles. The number of methoxy groups -OCH3 is 1. The first kappa shape index (κ1) is 16.4. The van der Waals surface area contributed by atoms with Crippen LogP contribution in [-0.2, 0) is 9.53 Å². The number of imidazole rings is 1. The molecule has 1 aromatic carbocycles. The van der Waals surface area contributed by atoms with Crippen LogP contribution in [0.15, 0.2) is 18.5 Å². The molecule has 0 radical (unpaired) electrons. The maximum Gasteiger partial charge on any atom is 0.313 e. The number of nitrogens with one attached hydrogen (secondary N) is 1. The molecule has 2 N–H and O–H groups in total. The minimum Gasteiger partial charge on any atom is -0.481 e. The van der Waals surface area contributed by atoms with Gasteiger partial charge in [-0.3, -0.25) is 9.59 Å². The van der Waals surface area contributed by atoms with Crippen molar-refractivity contribution in [1.29, 1.82) is 0 Å². The molecule has 1 aliphatic rings. The first-order valence-corrected chi connectivity index (χ1v) is 7.61. The number of H-pyrrole nitrogens is 1. The van der Waals surface area contributed by atoms with Gasteiger partial charge >= 0.3 is 5.97 Å². The van der Waals surface area contributed by atoms with Crippen molar-refractivity contribution in [1.82, 2.24) is 14.9 Å². The Morgan fingerprint density at radius 1 is 1.50 bits per heavy atom. The summed E-state index contributed by atoms with van der Waals surface area (Å²) in [7, 11) is 1.44. The van der Waals surface area contributed by atoms with E-state index in [-0.39, 0.29) is 18.7 Å². The Labute approximate surface area is 137 Å². The molecule has 1 amide bonds. The topological polar surface area (TPSA) is 95.5 Å². The highest BCUT2D eigenvalue weighted by Gasteiger charge is 2.44. The maximum absolute atomic E-state index is 13.8. The van der Waals surface area contributed by atoms with E-state index >= 15 is 0 Å². The highest BCUT2D eigenvalue weighted by molar-refractivity contribution is 6.05. The Balaban J connectivity index is 1.94. The number of carbonyl (C=O) groups is 2. The van der Waals surface area contributed by atoms with Gasteiger partial charge in [0.25, 0.3) is 5.91 Å². The van der Waals surface area contributed by atoms with Crippen molar-refractivity contribution < 1.29 is 23.8 Å². The molecular formula is C16H18FN3O4. The second kappa shape index (κ2) is 6.20. The van der Waals surface area contributed by atoms with Gasteiger partial charge in [0, 0.05) is 20.2 Å². The predicted molar refractivity (Wildman–Crippen MR) is 83.1 cm³/mol. The largest absolute Gasteiger partial charge is 0.481 e. The number of aliphatic carboxylic acids is 1. The number of piperidine rings is 1. The second-order valence-corrected chi connectivity index (χ2v) is 6.10. The number of ether oxygens (including phenoxy) is 1. The monoisotopic (exact) mass is 335 g/mol. The summed E-state index contributed by atoms with van der Waals surface area (Å²) in [5.41, 5.74) is -0.207. The van der Waals surface area contributed by atoms with E-state index in [1.807, 2.05) is 0 Å². The average Bonchev–Trinajstić information content (AvgIpc) is 3.02. The fraction of sp³-hybridized carbons (Fsp3) is 0.438. The number of hydrogen-bond donors (Lipinski definition) is 2. The number of amides is 1. The van der Waals surface area contributed by atoms with Crippen LogP contribution >= 0.6 is 0 Å². The summed E-state index contributed by atoms with van der Waals surface area (Å²) >= 11 is 0. The molecule has 7 nitrogen and oxygen atoms in total. The molecule has 0 spiro atoms. The summed E-state index contributed by atoms with van der Waals surface area (Å²) < 4.78 is 18.8. The van der Waals surface area contributed by atoms with Crippen molar-refractivity contribution >= 4 is 22.9 Å². The molecule has 1 atom stereocenters. The first-order valence-electron chi connectivity index (χ1n) is 7.61. The van der Waals surface area contributed by atoms with Crippen LogP contribution in [0.25, 0.3) is 11.0 Å². The van der Waals surface area contributed by atoms with Crippen LogP contribution in [-0.4, -0.2) is 58.7 Å². The van der Waals surface area contributed by atoms with E-state index in [0.717, 1.165) is 6.07 Å². The molecule has 1 unspecified atom stereocenters. The second-order valence-electron chi connectivity index (χ2n) is 6.10. The standard InChI is InChI=1S/C16H18FN3O4/c1-24-8-16(15(22)23)3-2-4-20(7-16)14(21)11-5-10(17)6-12-13(11)19-9-18-12/h5-6,9H,2-4,7-8H2,1H3,(H,18,19)(H,22,23). The SMILES string of the molecule is COCC1(C(=O)O)CCCN(C(=O)c2cc(F)cc3[nH]cnc23)C1. The number of likely N-dealkylation sites (tertiary alicyclic amines) is 1. The van der Waals surface area contributed by atoms with Crippen molar-refractivity contribution in [3.63, 3.8) is 0 Å². The Kier molecular flexibility index (Phi) is 4.23. The highest BCUT2D eigenvalue weighted by atomic mass is 19.1. The molecule has 8 heteroatoms. The van der Waals surface area contributed by atoms with Crippen molar-refractivity contribution in [2.75, 3.05) is 26.8 Å². The van der Waals surface area contributed by atoms with Gasteiger partial charge in [-0.15, -0.1) is 0 Å². The van der Waals surface area contributed by atoms with Gasteiger partial charge in [0.05, 0.1) is 24.0 Å². The van der Waals surface area contributed by atoms with Crippen molar-refractivity contribution in [2.45, 2.75) is 12.8 Å². The third kappa shape index (κ3) is 2.73. The lowest BCUT2D eigenvalue weighted by molar-refractivity contribution is -0.155. The van der Waals surface area contributed by atoms with E-state index in [1.165, 1.54) is 24.4 Å². The minimum absolute atomic E-state index is 0.0209. The summed E-state index contributed by atoms with van der Waals surface area (Å²) in [6.07, 6.45) is 2.37. The number of hydrogen-bond acceptors (Lipinski definition) is 4. The fourth-order valence-corrected chi connectivity index (χ4v) is 3.28. The van der Waals surface area contributed by atoms with Crippen LogP contribution in [0.2, 0.25) is 0 Å². The van der Waals surface area contributed by atoms with Crippen molar-refractivity contribution in [2.24, 2.45) is 5.41 Å². The van der Waals surface area contributed by atoms with Crippen molar-refractivity contribution in [3.05, 3.63) is 29.8 Å². The number of aromatic nitrogens is 2. The zero-order chi connectivity index (χ0) is 17.3. The van der Waals surface area contributed by atoms with E-state index in [9.17, 15) is 19.1 Å². The lowest BCUT2D eigenvalue weighted by Gasteiger charge is -2.39. The minimum atomic E-state index is -1.14. The molecular weight excluding hydrogens is 317 g/mol. The molecule has 0 saturated carbocycles. The van der Waals surface area contributed by atoms with E-state index in [4.69, 9.17) is 4.74 Å². The predicted octanol–water partition coefficient (Wildman–Crippen LogP) is 1.66. The summed E-state index contributed by atoms with van der Waals surface area (Å²) in [5.74, 6) is -1.97. The van der Waals surface area contributed by atoms with Crippen LogP contribution < -0.4 is 0 Å². The van der Waals surface area contributed by atoms with Crippen LogP contribution in [0, 0.1) is 11.2 Å². The number of nitrogens with zero attached hydrogens (tertiary/aromatic N) is 2. The Bertz CT molecular complexity index is 787. The molecule has 0 aliphatic carbocycles. The molecule has 1 fully saturated rings. The normalized spacial score (nSPS) is 21.2. The van der Waals surface area contributed by atoms with Gasteiger partial charge in [0.2, 0.25) is 0 Å². The van der Waals surface area contributed by atoms with Gasteiger partial charge in [-0.05, 0) is 25.0 Å². The number of halogens is 1.